The van der Waals surface area contributed by atoms with Crippen molar-refractivity contribution in [2.24, 2.45) is 0 Å². The molecule has 4 aromatic rings. The zero-order valence-corrected chi connectivity index (χ0v) is 19.4. The van der Waals surface area contributed by atoms with Gasteiger partial charge in [-0.3, -0.25) is 4.79 Å². The monoisotopic (exact) mass is 441 g/mol. The van der Waals surface area contributed by atoms with Gasteiger partial charge in [0.05, 0.1) is 0 Å². The van der Waals surface area contributed by atoms with Gasteiger partial charge in [-0.15, -0.1) is 0 Å². The number of ketones is 1. The van der Waals surface area contributed by atoms with E-state index in [4.69, 9.17) is 0 Å². The first-order chi connectivity index (χ1) is 16.7. The van der Waals surface area contributed by atoms with Gasteiger partial charge in [-0.05, 0) is 101 Å². The van der Waals surface area contributed by atoms with E-state index in [1.165, 1.54) is 32.3 Å². The molecule has 166 valence electrons. The predicted molar refractivity (Wildman–Crippen MR) is 140 cm³/mol. The van der Waals surface area contributed by atoms with E-state index in [0.717, 1.165) is 53.4 Å². The SMILES string of the molecule is Cc1ccccc1Nc1ccc(C(=O)C2=c3ccc4c(c3CCC2)CC=c2ccccc2=4)cc1. The Morgan fingerprint density at radius 3 is 2.35 bits per heavy atom. The summed E-state index contributed by atoms with van der Waals surface area (Å²) in [5.74, 6) is 0.156. The molecule has 2 aliphatic carbocycles. The Kier molecular flexibility index (Phi) is 5.15. The number of hydrogen-bond donors (Lipinski definition) is 1. The number of hydrogen-bond acceptors (Lipinski definition) is 2. The molecule has 0 spiro atoms. The van der Waals surface area contributed by atoms with Crippen molar-refractivity contribution in [2.75, 3.05) is 5.32 Å². The fourth-order valence-corrected chi connectivity index (χ4v) is 5.44. The number of Topliss-reactive ketones (excluding diaryl/α,β-unsaturated/α-hetero) is 1. The minimum absolute atomic E-state index is 0.156. The van der Waals surface area contributed by atoms with Crippen molar-refractivity contribution >= 4 is 28.8 Å². The molecule has 0 fully saturated rings. The van der Waals surface area contributed by atoms with Gasteiger partial charge < -0.3 is 5.32 Å². The van der Waals surface area contributed by atoms with Crippen LogP contribution in [0.25, 0.3) is 11.6 Å². The largest absolute Gasteiger partial charge is 0.355 e. The van der Waals surface area contributed by atoms with Crippen molar-refractivity contribution in [3.8, 4) is 0 Å². The van der Waals surface area contributed by atoms with Crippen LogP contribution >= 0.6 is 0 Å². The van der Waals surface area contributed by atoms with Gasteiger partial charge in [-0.1, -0.05) is 60.7 Å². The number of aryl methyl sites for hydroxylation is 1. The van der Waals surface area contributed by atoms with Gasteiger partial charge in [0.25, 0.3) is 0 Å². The molecular weight excluding hydrogens is 414 g/mol. The molecule has 6 rings (SSSR count). The number of nitrogens with one attached hydrogen (secondary N) is 1. The Morgan fingerprint density at radius 2 is 1.50 bits per heavy atom. The van der Waals surface area contributed by atoms with Gasteiger partial charge >= 0.3 is 0 Å². The molecule has 0 saturated carbocycles. The third kappa shape index (κ3) is 3.56. The summed E-state index contributed by atoms with van der Waals surface area (Å²) in [5.41, 5.74) is 7.76. The van der Waals surface area contributed by atoms with Crippen LogP contribution in [-0.2, 0) is 12.8 Å². The molecule has 2 aliphatic rings. The Morgan fingerprint density at radius 1 is 0.735 bits per heavy atom. The highest BCUT2D eigenvalue weighted by Gasteiger charge is 2.20. The smallest absolute Gasteiger partial charge is 0.189 e. The molecule has 4 aromatic carbocycles. The van der Waals surface area contributed by atoms with Crippen molar-refractivity contribution in [2.45, 2.75) is 32.6 Å². The maximum absolute atomic E-state index is 13.6. The third-order valence-corrected chi connectivity index (χ3v) is 7.23. The molecule has 0 heterocycles. The van der Waals surface area contributed by atoms with E-state index in [9.17, 15) is 4.79 Å². The van der Waals surface area contributed by atoms with Gasteiger partial charge in [0, 0.05) is 22.5 Å². The second kappa shape index (κ2) is 8.46. The zero-order chi connectivity index (χ0) is 23.1. The van der Waals surface area contributed by atoms with E-state index in [-0.39, 0.29) is 5.78 Å². The van der Waals surface area contributed by atoms with Crippen LogP contribution in [0.4, 0.5) is 11.4 Å². The summed E-state index contributed by atoms with van der Waals surface area (Å²) < 4.78 is 0. The lowest BCUT2D eigenvalue weighted by Crippen LogP contribution is -2.25. The zero-order valence-electron chi connectivity index (χ0n) is 19.4. The summed E-state index contributed by atoms with van der Waals surface area (Å²) in [6.07, 6.45) is 6.18. The number of carbonyl (C=O) groups excluding carboxylic acids is 1. The Labute approximate surface area is 199 Å². The minimum Gasteiger partial charge on any atom is -0.355 e. The van der Waals surface area contributed by atoms with Crippen molar-refractivity contribution in [3.05, 3.63) is 128 Å². The van der Waals surface area contributed by atoms with Crippen molar-refractivity contribution < 1.29 is 4.79 Å². The maximum atomic E-state index is 13.6. The number of benzene rings is 4. The standard InChI is InChI=1S/C32H27NO/c1-21-7-2-5-12-31(21)33-24-16-13-23(14-17-24)32(34)30-11-6-10-26-28-18-15-22-8-3-4-9-25(22)27(28)19-20-29(26)30/h2-5,7-9,12-17,19-20,33H,6,10-11,18H2,1H3. The maximum Gasteiger partial charge on any atom is 0.189 e. The highest BCUT2D eigenvalue weighted by atomic mass is 16.1. The van der Waals surface area contributed by atoms with E-state index in [2.05, 4.69) is 66.8 Å². The molecule has 1 N–H and O–H groups in total. The molecule has 34 heavy (non-hydrogen) atoms. The van der Waals surface area contributed by atoms with Crippen molar-refractivity contribution in [1.29, 1.82) is 0 Å². The summed E-state index contributed by atoms with van der Waals surface area (Å²) in [4.78, 5) is 13.6. The topological polar surface area (TPSA) is 29.1 Å². The quantitative estimate of drug-likeness (QED) is 0.410. The van der Waals surface area contributed by atoms with E-state index >= 15 is 0 Å². The molecule has 0 unspecified atom stereocenters. The number of fused-ring (bicyclic) bond motifs is 4. The van der Waals surface area contributed by atoms with E-state index in [1.54, 1.807) is 0 Å². The van der Waals surface area contributed by atoms with Gasteiger partial charge in [-0.25, -0.2) is 0 Å². The Balaban J connectivity index is 1.39. The summed E-state index contributed by atoms with van der Waals surface area (Å²) in [6, 6.07) is 29.2. The second-order valence-electron chi connectivity index (χ2n) is 9.29. The molecule has 0 atom stereocenters. The molecule has 0 radical (unpaired) electrons. The number of para-hydroxylation sites is 1. The number of carbonyl (C=O) groups is 1. The normalized spacial score (nSPS) is 13.9. The summed E-state index contributed by atoms with van der Waals surface area (Å²) in [7, 11) is 0. The van der Waals surface area contributed by atoms with Crippen LogP contribution in [0.5, 0.6) is 0 Å². The summed E-state index contributed by atoms with van der Waals surface area (Å²) >= 11 is 0. The first-order valence-electron chi connectivity index (χ1n) is 12.1. The molecule has 0 bridgehead atoms. The fourth-order valence-electron chi connectivity index (χ4n) is 5.44. The lowest BCUT2D eigenvalue weighted by atomic mass is 9.84. The molecule has 2 heteroatoms. The lowest BCUT2D eigenvalue weighted by Gasteiger charge is -2.20. The lowest BCUT2D eigenvalue weighted by molar-refractivity contribution is 0.105. The molecule has 0 aromatic heterocycles. The second-order valence-corrected chi connectivity index (χ2v) is 9.29. The van der Waals surface area contributed by atoms with E-state index in [0.29, 0.717) is 0 Å². The van der Waals surface area contributed by atoms with Gasteiger partial charge in [-0.2, -0.15) is 0 Å². The minimum atomic E-state index is 0.156. The highest BCUT2D eigenvalue weighted by molar-refractivity contribution is 6.24. The average molecular weight is 442 g/mol. The molecule has 0 amide bonds. The fraction of sp³-hybridized carbons (Fsp3) is 0.156. The molecule has 0 aliphatic heterocycles. The van der Waals surface area contributed by atoms with Crippen LogP contribution in [-0.4, -0.2) is 5.78 Å². The van der Waals surface area contributed by atoms with E-state index in [1.807, 2.05) is 36.4 Å². The Hall–Kier alpha value is -3.91. The van der Waals surface area contributed by atoms with Crippen LogP contribution in [0, 0.1) is 17.4 Å². The van der Waals surface area contributed by atoms with Crippen LogP contribution in [0.2, 0.25) is 0 Å². The Bertz CT molecular complexity index is 1640. The van der Waals surface area contributed by atoms with Crippen LogP contribution in [0.1, 0.15) is 39.9 Å². The summed E-state index contributed by atoms with van der Waals surface area (Å²) in [5, 5.41) is 8.56. The van der Waals surface area contributed by atoms with Crippen LogP contribution in [0.3, 0.4) is 0 Å². The molecule has 0 saturated heterocycles. The number of anilines is 2. The number of rotatable bonds is 4. The molecular formula is C32H27NO. The van der Waals surface area contributed by atoms with Crippen LogP contribution in [0.15, 0.2) is 84.9 Å². The first kappa shape index (κ1) is 20.7. The third-order valence-electron chi connectivity index (χ3n) is 7.23. The van der Waals surface area contributed by atoms with Gasteiger partial charge in [0.15, 0.2) is 5.78 Å². The van der Waals surface area contributed by atoms with E-state index < -0.39 is 0 Å². The molecule has 2 nitrogen and oxygen atoms in total. The van der Waals surface area contributed by atoms with Crippen LogP contribution < -0.4 is 15.8 Å². The summed E-state index contributed by atoms with van der Waals surface area (Å²) in [6.45, 7) is 2.09. The van der Waals surface area contributed by atoms with Crippen molar-refractivity contribution in [3.63, 3.8) is 0 Å². The van der Waals surface area contributed by atoms with Gasteiger partial charge in [0.2, 0.25) is 0 Å². The first-order valence-corrected chi connectivity index (χ1v) is 12.1. The predicted octanol–water partition coefficient (Wildman–Crippen LogP) is 5.73. The van der Waals surface area contributed by atoms with Crippen molar-refractivity contribution in [1.82, 2.24) is 0 Å². The highest BCUT2D eigenvalue weighted by Crippen LogP contribution is 2.25. The van der Waals surface area contributed by atoms with Gasteiger partial charge in [0.1, 0.15) is 0 Å². The average Bonchev–Trinajstić information content (AvgIpc) is 2.89.